The van der Waals surface area contributed by atoms with Gasteiger partial charge in [-0.15, -0.1) is 45.0 Å². The van der Waals surface area contributed by atoms with Crippen LogP contribution in [0.1, 0.15) is 103 Å². The summed E-state index contributed by atoms with van der Waals surface area (Å²) in [6.45, 7) is 25.6. The fourth-order valence-electron chi connectivity index (χ4n) is 7.71. The van der Waals surface area contributed by atoms with E-state index in [1.165, 1.54) is 14.4 Å². The Balaban J connectivity index is 0.000000182. The molecule has 9 aromatic rings. The molecule has 0 aliphatic carbocycles. The number of aromatic nitrogens is 9. The van der Waals surface area contributed by atoms with Gasteiger partial charge in [-0.2, -0.15) is 0 Å². The summed E-state index contributed by atoms with van der Waals surface area (Å²) in [6.07, 6.45) is 0. The van der Waals surface area contributed by atoms with Gasteiger partial charge < -0.3 is 20.1 Å². The van der Waals surface area contributed by atoms with Crippen molar-refractivity contribution in [3.63, 3.8) is 0 Å². The molecule has 395 valence electrons. The zero-order valence-electron chi connectivity index (χ0n) is 43.9. The van der Waals surface area contributed by atoms with Gasteiger partial charge in [-0.1, -0.05) is 132 Å². The van der Waals surface area contributed by atoms with Gasteiger partial charge >= 0.3 is 30.7 Å². The van der Waals surface area contributed by atoms with Gasteiger partial charge in [0, 0.05) is 42.7 Å². The van der Waals surface area contributed by atoms with Crippen molar-refractivity contribution in [2.24, 2.45) is 4.30 Å². The average molecular weight is 1170 g/mol. The Hall–Kier alpha value is -6.31. The van der Waals surface area contributed by atoms with Gasteiger partial charge in [0.15, 0.2) is 0 Å². The number of phenols is 3. The molecule has 9 rings (SSSR count). The Morgan fingerprint density at radius 2 is 0.908 bits per heavy atom. The number of nitrogens with zero attached hydrogens (tertiary/aromatic N) is 10. The summed E-state index contributed by atoms with van der Waals surface area (Å²) in [6, 6.07) is 27.2. The van der Waals surface area contributed by atoms with Crippen molar-refractivity contribution in [1.82, 2.24) is 45.0 Å². The van der Waals surface area contributed by atoms with Gasteiger partial charge in [0.1, 0.15) is 74.0 Å². The van der Waals surface area contributed by atoms with Crippen LogP contribution in [0.5, 0.6) is 17.2 Å². The van der Waals surface area contributed by atoms with Gasteiger partial charge in [0.2, 0.25) is 0 Å². The topological polar surface area (TPSA) is 191 Å². The molecular weight excluding hydrogens is 1110 g/mol. The van der Waals surface area contributed by atoms with Crippen LogP contribution in [-0.4, -0.2) is 73.9 Å². The predicted octanol–water partition coefficient (Wildman–Crippen LogP) is 14.2. The van der Waals surface area contributed by atoms with Crippen molar-refractivity contribution in [3.05, 3.63) is 152 Å². The third kappa shape index (κ3) is 14.2. The molecule has 0 saturated carbocycles. The molecule has 0 unspecified atom stereocenters. The number of esters is 1. The molecule has 0 aliphatic heterocycles. The number of hydrogen-bond donors (Lipinski definition) is 4. The molecule has 0 fully saturated rings. The van der Waals surface area contributed by atoms with Gasteiger partial charge in [0.25, 0.3) is 0 Å². The van der Waals surface area contributed by atoms with Crippen molar-refractivity contribution < 1.29 is 24.9 Å². The van der Waals surface area contributed by atoms with E-state index < -0.39 is 5.97 Å². The first-order valence-corrected chi connectivity index (χ1v) is 26.3. The summed E-state index contributed by atoms with van der Waals surface area (Å²) in [5.41, 5.74) is 10.6. The molecule has 21 heteroatoms. The molecule has 3 heterocycles. The molecule has 0 atom stereocenters. The number of aromatic hydroxyl groups is 3. The van der Waals surface area contributed by atoms with Gasteiger partial charge in [-0.25, -0.2) is 4.79 Å². The summed E-state index contributed by atoms with van der Waals surface area (Å²) in [7, 11) is 4.34. The molecule has 0 spiro atoms. The second-order valence-electron chi connectivity index (χ2n) is 20.9. The van der Waals surface area contributed by atoms with E-state index in [-0.39, 0.29) is 40.1 Å². The minimum absolute atomic E-state index is 0.0503. The van der Waals surface area contributed by atoms with Crippen LogP contribution in [0.15, 0.2) is 107 Å². The normalized spacial score (nSPS) is 11.6. The van der Waals surface area contributed by atoms with Crippen molar-refractivity contribution >= 4 is 110 Å². The molecule has 15 nitrogen and oxygen atoms in total. The molecule has 6 aromatic carbocycles. The van der Waals surface area contributed by atoms with E-state index in [9.17, 15) is 20.1 Å². The Morgan fingerprint density at radius 1 is 0.592 bits per heavy atom. The van der Waals surface area contributed by atoms with Crippen LogP contribution >= 0.6 is 63.5 Å². The molecule has 3 N–H and O–H groups in total. The number of halogens is 4. The van der Waals surface area contributed by atoms with Crippen LogP contribution in [0.4, 0.5) is 0 Å². The fraction of sp³-hybridized carbons (Fsp3) is 0.291. The van der Waals surface area contributed by atoms with Crippen LogP contribution < -0.4 is 0 Å². The van der Waals surface area contributed by atoms with E-state index >= 15 is 0 Å². The zero-order chi connectivity index (χ0) is 56.2. The number of rotatable bonds is 7. The first-order valence-electron chi connectivity index (χ1n) is 23.6. The number of hydrogen-bond acceptors (Lipinski definition) is 13. The maximum atomic E-state index is 11.8. The van der Waals surface area contributed by atoms with Crippen LogP contribution in [0.2, 0.25) is 15.1 Å². The van der Waals surface area contributed by atoms with Gasteiger partial charge in [0.05, 0.1) is 0 Å². The number of carbonyl (C=O) groups excluding carboxylic acids is 1. The molecule has 1 radical (unpaired) electrons. The van der Waals surface area contributed by atoms with E-state index in [1.807, 2.05) is 70.2 Å². The number of carbonyl (C=O) groups is 1. The molecule has 0 aliphatic rings. The zero-order valence-corrected chi connectivity index (χ0v) is 48.7. The maximum absolute atomic E-state index is 11.8. The number of aryl methyl sites for hydroxylation is 1. The minimum atomic E-state index is -0.468. The fourth-order valence-corrected chi connectivity index (χ4v) is 8.53. The second kappa shape index (κ2) is 23.9. The van der Waals surface area contributed by atoms with E-state index in [4.69, 9.17) is 39.5 Å². The summed E-state index contributed by atoms with van der Waals surface area (Å²) in [4.78, 5) is 16.1. The predicted molar refractivity (Wildman–Crippen MR) is 312 cm³/mol. The van der Waals surface area contributed by atoms with Crippen LogP contribution in [0.25, 0.3) is 50.2 Å². The first kappa shape index (κ1) is 58.9. The SMILES string of the molecule is C=C(C)C(=O)OCc1cc(-n2nc3ccc(Cl)cc3n2)c(O)c(C(C)(C)C)c1.CC(C)(C)c1cc(CBr)cc(-n2nc3ccc(Cl)cc3n2)c1O.Cc1cc(-n2nc3ccc(Cl)cc3n2)c(O)c(C(C)(C)C)c1.[B]=NS. The van der Waals surface area contributed by atoms with Crippen LogP contribution in [0, 0.1) is 6.92 Å². The van der Waals surface area contributed by atoms with Crippen molar-refractivity contribution in [2.75, 3.05) is 0 Å². The third-order valence-corrected chi connectivity index (χ3v) is 12.9. The Bertz CT molecular complexity index is 3640. The quantitative estimate of drug-likeness (QED) is 0.0390. The molecular formula is C55H58BBrCl3N10O5S. The van der Waals surface area contributed by atoms with E-state index in [2.05, 4.69) is 119 Å². The molecule has 3 aromatic heterocycles. The third-order valence-electron chi connectivity index (χ3n) is 11.5. The number of alkyl halides is 1. The number of fused-ring (bicyclic) bond motifs is 3. The summed E-state index contributed by atoms with van der Waals surface area (Å²) < 4.78 is 7.97. The standard InChI is InChI=1S/C21H22ClN3O3.C17H17BrClN3O.C17H18ClN3O.BHNS/c1-12(2)20(27)28-11-13-8-15(21(3,4)5)19(26)18(9-13)25-23-16-7-6-14(22)10-17(16)24-25;1-17(2,3)12-6-10(9-18)7-15(16(12)23)22-20-13-5-4-11(19)8-14(13)21-22;1-10-7-12(17(2,3)4)16(22)15(8-10)21-19-13-6-5-11(18)9-14(13)20-21;1-2-3/h6-10,26H,1,11H2,2-5H3;4-8,23H,9H2,1-3H3;5-9,22H,1-4H3;3H. The van der Waals surface area contributed by atoms with E-state index in [0.717, 1.165) is 33.3 Å². The molecule has 0 saturated heterocycles. The number of benzene rings is 6. The first-order chi connectivity index (χ1) is 35.5. The number of phenolic OH excluding ortho intramolecular Hbond substituents is 3. The number of thiol groups is 1. The summed E-state index contributed by atoms with van der Waals surface area (Å²) in [5.74, 6) is 0.0246. The Labute approximate surface area is 471 Å². The van der Waals surface area contributed by atoms with Gasteiger partial charge in [-0.3, -0.25) is 0 Å². The van der Waals surface area contributed by atoms with Crippen molar-refractivity contribution in [2.45, 2.75) is 104 Å². The van der Waals surface area contributed by atoms with E-state index in [0.29, 0.717) is 76.2 Å². The van der Waals surface area contributed by atoms with Crippen LogP contribution in [0.3, 0.4) is 0 Å². The Kier molecular flexibility index (Phi) is 18.6. The summed E-state index contributed by atoms with van der Waals surface area (Å²) >= 11 is 24.7. The average Bonchev–Trinajstić information content (AvgIpc) is 4.08. The number of ether oxygens (including phenoxy) is 1. The monoisotopic (exact) mass is 1170 g/mol. The molecule has 0 bridgehead atoms. The van der Waals surface area contributed by atoms with Crippen LogP contribution in [-0.2, 0) is 37.7 Å². The van der Waals surface area contributed by atoms with Crippen molar-refractivity contribution in [3.8, 4) is 34.3 Å². The van der Waals surface area contributed by atoms with Crippen molar-refractivity contribution in [1.29, 1.82) is 0 Å². The second-order valence-corrected chi connectivity index (χ2v) is 23.0. The van der Waals surface area contributed by atoms with Gasteiger partial charge in [-0.05, 0) is 126 Å². The van der Waals surface area contributed by atoms with E-state index in [1.54, 1.807) is 55.5 Å². The Morgan fingerprint density at radius 3 is 1.25 bits per heavy atom. The molecule has 0 amide bonds. The molecule has 76 heavy (non-hydrogen) atoms. The summed E-state index contributed by atoms with van der Waals surface area (Å²) in [5, 5.41) is 61.4.